The number of hydrogen-bond donors (Lipinski definition) is 1. The van der Waals surface area contributed by atoms with E-state index in [2.05, 4.69) is 31.9 Å². The standard InChI is InChI=1S/C15H27N/c1-4-6-14-11(2)9-12-7-5-8-13(10-12)15(14)16-3/h4,11-16H,1,5-10H2,2-3H3. The number of nitrogens with one attached hydrogen (secondary N) is 1. The molecule has 2 bridgehead atoms. The molecule has 92 valence electrons. The van der Waals surface area contributed by atoms with Gasteiger partial charge in [0.15, 0.2) is 0 Å². The summed E-state index contributed by atoms with van der Waals surface area (Å²) in [5, 5.41) is 3.62. The van der Waals surface area contributed by atoms with Crippen molar-refractivity contribution in [1.29, 1.82) is 0 Å². The molecule has 0 saturated heterocycles. The van der Waals surface area contributed by atoms with Crippen molar-refractivity contribution in [3.8, 4) is 0 Å². The van der Waals surface area contributed by atoms with Crippen LogP contribution in [0.2, 0.25) is 0 Å². The van der Waals surface area contributed by atoms with Crippen LogP contribution in [0.4, 0.5) is 0 Å². The van der Waals surface area contributed by atoms with E-state index in [1.54, 1.807) is 0 Å². The van der Waals surface area contributed by atoms with E-state index in [0.29, 0.717) is 0 Å². The molecule has 0 aromatic rings. The zero-order valence-electron chi connectivity index (χ0n) is 10.9. The van der Waals surface area contributed by atoms with Gasteiger partial charge >= 0.3 is 0 Å². The third kappa shape index (κ3) is 2.34. The zero-order valence-corrected chi connectivity index (χ0v) is 10.9. The first-order valence-corrected chi connectivity index (χ1v) is 7.04. The fourth-order valence-electron chi connectivity index (χ4n) is 4.30. The second-order valence-electron chi connectivity index (χ2n) is 6.01. The topological polar surface area (TPSA) is 12.0 Å². The summed E-state index contributed by atoms with van der Waals surface area (Å²) in [6.07, 6.45) is 10.6. The van der Waals surface area contributed by atoms with Crippen molar-refractivity contribution in [3.63, 3.8) is 0 Å². The van der Waals surface area contributed by atoms with E-state index in [-0.39, 0.29) is 0 Å². The first-order valence-electron chi connectivity index (χ1n) is 7.04. The molecule has 16 heavy (non-hydrogen) atoms. The lowest BCUT2D eigenvalue weighted by Crippen LogP contribution is -2.41. The van der Waals surface area contributed by atoms with E-state index in [4.69, 9.17) is 0 Å². The number of allylic oxidation sites excluding steroid dienone is 1. The minimum atomic E-state index is 0.735. The molecule has 0 heterocycles. The molecule has 0 aromatic carbocycles. The highest BCUT2D eigenvalue weighted by Crippen LogP contribution is 2.44. The van der Waals surface area contributed by atoms with Gasteiger partial charge in [-0.15, -0.1) is 6.58 Å². The maximum Gasteiger partial charge on any atom is 0.0126 e. The maximum atomic E-state index is 3.95. The van der Waals surface area contributed by atoms with Gasteiger partial charge in [0, 0.05) is 6.04 Å². The van der Waals surface area contributed by atoms with E-state index in [0.717, 1.165) is 29.7 Å². The molecule has 0 spiro atoms. The Morgan fingerprint density at radius 2 is 2.12 bits per heavy atom. The van der Waals surface area contributed by atoms with Gasteiger partial charge in [-0.2, -0.15) is 0 Å². The summed E-state index contributed by atoms with van der Waals surface area (Å²) in [7, 11) is 2.16. The summed E-state index contributed by atoms with van der Waals surface area (Å²) in [6, 6.07) is 0.735. The summed E-state index contributed by atoms with van der Waals surface area (Å²) in [6.45, 7) is 6.40. The van der Waals surface area contributed by atoms with Gasteiger partial charge in [-0.3, -0.25) is 0 Å². The van der Waals surface area contributed by atoms with E-state index in [1.165, 1.54) is 38.5 Å². The van der Waals surface area contributed by atoms with Gasteiger partial charge in [-0.25, -0.2) is 0 Å². The molecule has 2 fully saturated rings. The summed E-state index contributed by atoms with van der Waals surface area (Å²) in [4.78, 5) is 0. The summed E-state index contributed by atoms with van der Waals surface area (Å²) < 4.78 is 0. The van der Waals surface area contributed by atoms with Crippen LogP contribution in [-0.4, -0.2) is 13.1 Å². The highest BCUT2D eigenvalue weighted by Gasteiger charge is 2.38. The molecule has 2 saturated carbocycles. The molecule has 2 aliphatic carbocycles. The maximum absolute atomic E-state index is 3.95. The van der Waals surface area contributed by atoms with E-state index in [1.807, 2.05) is 0 Å². The molecule has 5 unspecified atom stereocenters. The van der Waals surface area contributed by atoms with Crippen molar-refractivity contribution in [2.75, 3.05) is 7.05 Å². The average molecular weight is 221 g/mol. The Balaban J connectivity index is 2.17. The second-order valence-corrected chi connectivity index (χ2v) is 6.01. The van der Waals surface area contributed by atoms with Crippen molar-refractivity contribution in [3.05, 3.63) is 12.7 Å². The Bertz CT molecular complexity index is 236. The third-order valence-electron chi connectivity index (χ3n) is 5.00. The van der Waals surface area contributed by atoms with Crippen LogP contribution in [0.3, 0.4) is 0 Å². The number of rotatable bonds is 3. The van der Waals surface area contributed by atoms with Gasteiger partial charge in [-0.05, 0) is 56.4 Å². The molecule has 0 amide bonds. The van der Waals surface area contributed by atoms with Gasteiger partial charge in [0.05, 0.1) is 0 Å². The second kappa shape index (κ2) is 5.35. The molecule has 0 aromatic heterocycles. The highest BCUT2D eigenvalue weighted by molar-refractivity contribution is 4.95. The Labute approximate surface area is 101 Å². The van der Waals surface area contributed by atoms with Crippen LogP contribution in [-0.2, 0) is 0 Å². The first kappa shape index (κ1) is 12.2. The lowest BCUT2D eigenvalue weighted by Gasteiger charge is -2.35. The van der Waals surface area contributed by atoms with Crippen molar-refractivity contribution in [2.45, 2.75) is 51.5 Å². The van der Waals surface area contributed by atoms with Crippen LogP contribution in [0.5, 0.6) is 0 Å². The lowest BCUT2D eigenvalue weighted by molar-refractivity contribution is 0.205. The molecule has 1 heteroatoms. The molecular weight excluding hydrogens is 194 g/mol. The predicted molar refractivity (Wildman–Crippen MR) is 70.4 cm³/mol. The Morgan fingerprint density at radius 1 is 1.31 bits per heavy atom. The van der Waals surface area contributed by atoms with E-state index in [9.17, 15) is 0 Å². The third-order valence-corrected chi connectivity index (χ3v) is 5.00. The largest absolute Gasteiger partial charge is 0.316 e. The van der Waals surface area contributed by atoms with Crippen molar-refractivity contribution < 1.29 is 0 Å². The Morgan fingerprint density at radius 3 is 2.81 bits per heavy atom. The van der Waals surface area contributed by atoms with Gasteiger partial charge in [0.2, 0.25) is 0 Å². The van der Waals surface area contributed by atoms with Crippen LogP contribution in [0, 0.1) is 23.7 Å². The SMILES string of the molecule is C=CCC1C(C)CC2CCCC(C2)C1NC. The normalized spacial score (nSPS) is 43.8. The first-order chi connectivity index (χ1) is 7.76. The molecule has 2 rings (SSSR count). The summed E-state index contributed by atoms with van der Waals surface area (Å²) >= 11 is 0. The van der Waals surface area contributed by atoms with Gasteiger partial charge in [0.25, 0.3) is 0 Å². The fraction of sp³-hybridized carbons (Fsp3) is 0.867. The van der Waals surface area contributed by atoms with E-state index < -0.39 is 0 Å². The van der Waals surface area contributed by atoms with Crippen LogP contribution < -0.4 is 5.32 Å². The van der Waals surface area contributed by atoms with Crippen LogP contribution in [0.25, 0.3) is 0 Å². The quantitative estimate of drug-likeness (QED) is 0.718. The molecule has 1 nitrogen and oxygen atoms in total. The molecule has 2 aliphatic rings. The van der Waals surface area contributed by atoms with Gasteiger partial charge < -0.3 is 5.32 Å². The Hall–Kier alpha value is -0.300. The van der Waals surface area contributed by atoms with Gasteiger partial charge in [-0.1, -0.05) is 25.8 Å². The zero-order chi connectivity index (χ0) is 11.5. The molecular formula is C15H27N. The summed E-state index contributed by atoms with van der Waals surface area (Å²) in [5.41, 5.74) is 0. The minimum absolute atomic E-state index is 0.735. The fourth-order valence-corrected chi connectivity index (χ4v) is 4.30. The average Bonchev–Trinajstić information content (AvgIpc) is 2.36. The van der Waals surface area contributed by atoms with Crippen LogP contribution in [0.15, 0.2) is 12.7 Å². The smallest absolute Gasteiger partial charge is 0.0126 e. The van der Waals surface area contributed by atoms with Crippen molar-refractivity contribution in [1.82, 2.24) is 5.32 Å². The molecule has 0 radical (unpaired) electrons. The number of fused-ring (bicyclic) bond motifs is 2. The van der Waals surface area contributed by atoms with Crippen molar-refractivity contribution in [2.24, 2.45) is 23.7 Å². The minimum Gasteiger partial charge on any atom is -0.316 e. The highest BCUT2D eigenvalue weighted by atomic mass is 14.9. The van der Waals surface area contributed by atoms with Crippen LogP contribution >= 0.6 is 0 Å². The van der Waals surface area contributed by atoms with Gasteiger partial charge in [0.1, 0.15) is 0 Å². The van der Waals surface area contributed by atoms with Crippen LogP contribution in [0.1, 0.15) is 45.4 Å². The molecule has 1 N–H and O–H groups in total. The molecule has 5 atom stereocenters. The predicted octanol–water partition coefficient (Wildman–Crippen LogP) is 3.61. The molecule has 0 aliphatic heterocycles. The Kier molecular flexibility index (Phi) is 4.07. The lowest BCUT2D eigenvalue weighted by atomic mass is 9.77. The monoisotopic (exact) mass is 221 g/mol. The number of hydrogen-bond acceptors (Lipinski definition) is 1. The van der Waals surface area contributed by atoms with Crippen molar-refractivity contribution >= 4 is 0 Å². The summed E-state index contributed by atoms with van der Waals surface area (Å²) in [5.74, 6) is 3.62. The van der Waals surface area contributed by atoms with E-state index >= 15 is 0 Å².